The molecule has 3 N–H and O–H groups in total. The first kappa shape index (κ1) is 23.6. The van der Waals surface area contributed by atoms with Crippen LogP contribution in [0.25, 0.3) is 44.7 Å². The smallest absolute Gasteiger partial charge is 0.248 e. The zero-order valence-corrected chi connectivity index (χ0v) is 21.8. The van der Waals surface area contributed by atoms with Gasteiger partial charge in [0.2, 0.25) is 11.8 Å². The summed E-state index contributed by atoms with van der Waals surface area (Å²) < 4.78 is 5.92. The fourth-order valence-electron chi connectivity index (χ4n) is 5.15. The lowest BCUT2D eigenvalue weighted by Gasteiger charge is -2.18. The maximum absolute atomic E-state index is 9.79. The second kappa shape index (κ2) is 9.34. The largest absolute Gasteiger partial charge is 0.508 e. The van der Waals surface area contributed by atoms with Gasteiger partial charge in [0.25, 0.3) is 0 Å². The van der Waals surface area contributed by atoms with E-state index in [2.05, 4.69) is 32.3 Å². The Bertz CT molecular complexity index is 1890. The number of fused-ring (bicyclic) bond motifs is 2. The number of rotatable bonds is 5. The minimum atomic E-state index is -0.107. The molecule has 39 heavy (non-hydrogen) atoms. The van der Waals surface area contributed by atoms with Crippen molar-refractivity contribution in [1.82, 2.24) is 20.2 Å². The average molecular weight is 551 g/mol. The Balaban J connectivity index is 1.33. The van der Waals surface area contributed by atoms with Gasteiger partial charge in [-0.3, -0.25) is 0 Å². The van der Waals surface area contributed by atoms with Crippen molar-refractivity contribution >= 4 is 45.0 Å². The highest BCUT2D eigenvalue weighted by atomic mass is 35.5. The van der Waals surface area contributed by atoms with Crippen molar-refractivity contribution in [3.8, 4) is 28.7 Å². The highest BCUT2D eigenvalue weighted by Crippen LogP contribution is 2.41. The first-order valence-corrected chi connectivity index (χ1v) is 13.1. The summed E-state index contributed by atoms with van der Waals surface area (Å²) in [7, 11) is 0. The number of halogens is 2. The van der Waals surface area contributed by atoms with Crippen molar-refractivity contribution in [2.75, 3.05) is 0 Å². The molecule has 0 radical (unpaired) electrons. The van der Waals surface area contributed by atoms with Crippen molar-refractivity contribution in [1.29, 1.82) is 0 Å². The molecule has 0 spiro atoms. The third-order valence-corrected chi connectivity index (χ3v) is 7.45. The standard InChI is InChI=1S/C31H20Cl2N4O2/c32-20-8-10-27-23(13-20)25(15-34-27)29(26-16-35-28-11-9-21(33)14-24(26)28)17-4-6-18(7-5-17)30-36-37-31(39-30)19-2-1-3-22(38)12-19/h1-16,29,34-35,38H. The van der Waals surface area contributed by atoms with Gasteiger partial charge in [-0.15, -0.1) is 10.2 Å². The van der Waals surface area contributed by atoms with Gasteiger partial charge in [0, 0.05) is 61.3 Å². The molecule has 7 rings (SSSR count). The van der Waals surface area contributed by atoms with Gasteiger partial charge < -0.3 is 19.5 Å². The van der Waals surface area contributed by atoms with Crippen molar-refractivity contribution in [3.63, 3.8) is 0 Å². The van der Waals surface area contributed by atoms with E-state index in [0.717, 1.165) is 44.1 Å². The van der Waals surface area contributed by atoms with E-state index in [4.69, 9.17) is 27.6 Å². The van der Waals surface area contributed by atoms with Crippen LogP contribution < -0.4 is 0 Å². The van der Waals surface area contributed by atoms with Crippen molar-refractivity contribution < 1.29 is 9.52 Å². The van der Waals surface area contributed by atoms with Crippen LogP contribution in [0.3, 0.4) is 0 Å². The van der Waals surface area contributed by atoms with Gasteiger partial charge in [0.15, 0.2) is 0 Å². The van der Waals surface area contributed by atoms with E-state index in [1.54, 1.807) is 18.2 Å². The third-order valence-electron chi connectivity index (χ3n) is 6.98. The lowest BCUT2D eigenvalue weighted by atomic mass is 9.84. The predicted molar refractivity (Wildman–Crippen MR) is 154 cm³/mol. The molecule has 3 aromatic heterocycles. The number of hydrogen-bond donors (Lipinski definition) is 3. The molecule has 190 valence electrons. The minimum Gasteiger partial charge on any atom is -0.508 e. The van der Waals surface area contributed by atoms with E-state index < -0.39 is 0 Å². The van der Waals surface area contributed by atoms with Gasteiger partial charge in [-0.25, -0.2) is 0 Å². The van der Waals surface area contributed by atoms with Crippen LogP contribution in [-0.2, 0) is 0 Å². The molecular weight excluding hydrogens is 531 g/mol. The summed E-state index contributed by atoms with van der Waals surface area (Å²) in [6.45, 7) is 0. The van der Waals surface area contributed by atoms with Crippen molar-refractivity contribution in [2.24, 2.45) is 0 Å². The van der Waals surface area contributed by atoms with Gasteiger partial charge in [-0.1, -0.05) is 41.4 Å². The van der Waals surface area contributed by atoms with Crippen LogP contribution in [0.4, 0.5) is 0 Å². The summed E-state index contributed by atoms with van der Waals surface area (Å²) in [6.07, 6.45) is 4.09. The average Bonchev–Trinajstić information content (AvgIpc) is 3.69. The molecular formula is C31H20Cl2N4O2. The Labute approximate surface area is 232 Å². The van der Waals surface area contributed by atoms with Crippen LogP contribution >= 0.6 is 23.2 Å². The van der Waals surface area contributed by atoms with Gasteiger partial charge in [-0.05, 0) is 83.4 Å². The lowest BCUT2D eigenvalue weighted by Crippen LogP contribution is -2.02. The minimum absolute atomic E-state index is 0.107. The van der Waals surface area contributed by atoms with Crippen LogP contribution in [0, 0.1) is 0 Å². The zero-order chi connectivity index (χ0) is 26.5. The number of hydrogen-bond acceptors (Lipinski definition) is 4. The Hall–Kier alpha value is -4.52. The van der Waals surface area contributed by atoms with Crippen LogP contribution in [0.15, 0.2) is 102 Å². The summed E-state index contributed by atoms with van der Waals surface area (Å²) in [5, 5.41) is 21.7. The first-order valence-electron chi connectivity index (χ1n) is 12.3. The summed E-state index contributed by atoms with van der Waals surface area (Å²) in [4.78, 5) is 6.80. The quantitative estimate of drug-likeness (QED) is 0.200. The van der Waals surface area contributed by atoms with E-state index in [0.29, 0.717) is 27.4 Å². The molecule has 0 amide bonds. The molecule has 0 saturated carbocycles. The van der Waals surface area contributed by atoms with E-state index in [-0.39, 0.29) is 11.7 Å². The Morgan fingerprint density at radius 2 is 1.26 bits per heavy atom. The molecule has 4 aromatic carbocycles. The van der Waals surface area contributed by atoms with Crippen LogP contribution in [0.1, 0.15) is 22.6 Å². The summed E-state index contributed by atoms with van der Waals surface area (Å²) in [5.41, 5.74) is 6.75. The monoisotopic (exact) mass is 550 g/mol. The topological polar surface area (TPSA) is 90.7 Å². The second-order valence-corrected chi connectivity index (χ2v) is 10.3. The number of phenols is 1. The fraction of sp³-hybridized carbons (Fsp3) is 0.0323. The maximum atomic E-state index is 9.79. The number of aromatic amines is 2. The fourth-order valence-corrected chi connectivity index (χ4v) is 5.49. The Morgan fingerprint density at radius 3 is 1.85 bits per heavy atom. The molecule has 0 aliphatic rings. The number of nitrogens with one attached hydrogen (secondary N) is 2. The summed E-state index contributed by atoms with van der Waals surface area (Å²) in [5.74, 6) is 0.771. The highest BCUT2D eigenvalue weighted by Gasteiger charge is 2.24. The molecule has 3 heterocycles. The predicted octanol–water partition coefficient (Wildman–Crippen LogP) is 8.56. The molecule has 7 aromatic rings. The highest BCUT2D eigenvalue weighted by molar-refractivity contribution is 6.31. The Kier molecular flexibility index (Phi) is 5.65. The number of nitrogens with zero attached hydrogens (tertiary/aromatic N) is 2. The molecule has 0 saturated heterocycles. The van der Waals surface area contributed by atoms with Gasteiger partial charge in [-0.2, -0.15) is 0 Å². The van der Waals surface area contributed by atoms with Crippen LogP contribution in [-0.4, -0.2) is 25.3 Å². The van der Waals surface area contributed by atoms with Crippen molar-refractivity contribution in [2.45, 2.75) is 5.92 Å². The third kappa shape index (κ3) is 4.24. The molecule has 0 bridgehead atoms. The van der Waals surface area contributed by atoms with Gasteiger partial charge >= 0.3 is 0 Å². The van der Waals surface area contributed by atoms with Crippen LogP contribution in [0.2, 0.25) is 10.0 Å². The molecule has 0 unspecified atom stereocenters. The van der Waals surface area contributed by atoms with E-state index in [1.807, 2.05) is 67.0 Å². The molecule has 0 atom stereocenters. The van der Waals surface area contributed by atoms with Crippen LogP contribution in [0.5, 0.6) is 5.75 Å². The van der Waals surface area contributed by atoms with Crippen molar-refractivity contribution in [3.05, 3.63) is 124 Å². The number of aromatic nitrogens is 4. The number of H-pyrrole nitrogens is 2. The normalized spacial score (nSPS) is 11.7. The molecule has 0 aliphatic carbocycles. The molecule has 0 fully saturated rings. The zero-order valence-electron chi connectivity index (χ0n) is 20.3. The van der Waals surface area contributed by atoms with Gasteiger partial charge in [0.05, 0.1) is 0 Å². The molecule has 0 aliphatic heterocycles. The molecule has 8 heteroatoms. The summed E-state index contributed by atoms with van der Waals surface area (Å²) in [6, 6.07) is 26.6. The number of aromatic hydroxyl groups is 1. The first-order chi connectivity index (χ1) is 19.0. The van der Waals surface area contributed by atoms with Gasteiger partial charge in [0.1, 0.15) is 5.75 Å². The maximum Gasteiger partial charge on any atom is 0.248 e. The van der Waals surface area contributed by atoms with E-state index in [1.165, 1.54) is 0 Å². The van der Waals surface area contributed by atoms with E-state index in [9.17, 15) is 5.11 Å². The Morgan fingerprint density at radius 1 is 0.667 bits per heavy atom. The lowest BCUT2D eigenvalue weighted by molar-refractivity contribution is 0.475. The molecule has 6 nitrogen and oxygen atoms in total. The SMILES string of the molecule is Oc1cccc(-c2nnc(-c3ccc(C(c4c[nH]c5ccc(Cl)cc45)c4c[nH]c5ccc(Cl)cc45)cc3)o2)c1. The number of phenolic OH excluding ortho intramolecular Hbond substituents is 1. The second-order valence-electron chi connectivity index (χ2n) is 9.39. The summed E-state index contributed by atoms with van der Waals surface area (Å²) >= 11 is 12.8. The number of benzene rings is 4. The van der Waals surface area contributed by atoms with E-state index >= 15 is 0 Å².